The summed E-state index contributed by atoms with van der Waals surface area (Å²) in [5, 5.41) is 2.59. The van der Waals surface area contributed by atoms with Gasteiger partial charge in [-0.1, -0.05) is 73.4 Å². The monoisotopic (exact) mass is 482 g/mol. The molecule has 0 amide bonds. The zero-order valence-corrected chi connectivity index (χ0v) is 21.6. The minimum atomic E-state index is -1.48. The molecule has 0 aliphatic carbocycles. The largest absolute Gasteiger partial charge is 0.308 e. The van der Waals surface area contributed by atoms with Gasteiger partial charge in [-0.3, -0.25) is 4.98 Å². The van der Waals surface area contributed by atoms with Crippen molar-refractivity contribution in [3.63, 3.8) is 0 Å². The molecule has 0 bridgehead atoms. The second kappa shape index (κ2) is 7.64. The molecule has 36 heavy (non-hydrogen) atoms. The van der Waals surface area contributed by atoms with E-state index in [9.17, 15) is 0 Å². The number of hydrogen-bond donors (Lipinski definition) is 0. The predicted molar refractivity (Wildman–Crippen MR) is 154 cm³/mol. The predicted octanol–water partition coefficient (Wildman–Crippen LogP) is 7.22. The average molecular weight is 483 g/mol. The van der Waals surface area contributed by atoms with Gasteiger partial charge in [0.05, 0.1) is 35.7 Å². The number of rotatable bonds is 3. The first kappa shape index (κ1) is 21.1. The molecule has 0 saturated heterocycles. The van der Waals surface area contributed by atoms with Crippen LogP contribution < -0.4 is 5.19 Å². The Hall–Kier alpha value is -4.22. The maximum absolute atomic E-state index is 5.30. The lowest BCUT2D eigenvalue weighted by molar-refractivity contribution is 1.16. The molecule has 174 valence electrons. The Labute approximate surface area is 210 Å². The maximum Gasteiger partial charge on any atom is 0.116 e. The van der Waals surface area contributed by atoms with Crippen LogP contribution in [-0.4, -0.2) is 27.2 Å². The highest BCUT2D eigenvalue weighted by Crippen LogP contribution is 2.36. The summed E-state index contributed by atoms with van der Waals surface area (Å²) in [6, 6.07) is 34.6. The lowest BCUT2D eigenvalue weighted by Crippen LogP contribution is -2.37. The van der Waals surface area contributed by atoms with Crippen LogP contribution in [-0.2, 0) is 0 Å². The van der Waals surface area contributed by atoms with E-state index in [0.717, 1.165) is 55.4 Å². The van der Waals surface area contributed by atoms with Gasteiger partial charge in [-0.2, -0.15) is 0 Å². The molecule has 4 nitrogen and oxygen atoms in total. The molecule has 0 spiro atoms. The molecule has 0 atom stereocenters. The Morgan fingerprint density at radius 1 is 0.556 bits per heavy atom. The van der Waals surface area contributed by atoms with Crippen LogP contribution in [0.15, 0.2) is 103 Å². The standard InChI is InChI=1S/C31H26N4Si/c1-36(2,3)23-14-9-13-22(19-23)35-26-17-10-18-32-30(26)31-28(35)20-27-29(33-31)24-15-7-8-16-25(24)34(27)21-11-5-4-6-12-21/h4-20H,1-3H3. The molecule has 0 aliphatic heterocycles. The van der Waals surface area contributed by atoms with Crippen LogP contribution in [0.4, 0.5) is 0 Å². The van der Waals surface area contributed by atoms with Crippen molar-refractivity contribution in [2.24, 2.45) is 0 Å². The Morgan fingerprint density at radius 2 is 1.25 bits per heavy atom. The Balaban J connectivity index is 1.65. The highest BCUT2D eigenvalue weighted by molar-refractivity contribution is 6.88. The number of pyridine rings is 2. The van der Waals surface area contributed by atoms with E-state index in [0.29, 0.717) is 0 Å². The van der Waals surface area contributed by atoms with Crippen molar-refractivity contribution < 1.29 is 0 Å². The molecular weight excluding hydrogens is 456 g/mol. The van der Waals surface area contributed by atoms with Gasteiger partial charge in [-0.15, -0.1) is 0 Å². The molecule has 3 aromatic carbocycles. The fraction of sp³-hybridized carbons (Fsp3) is 0.0968. The third-order valence-electron chi connectivity index (χ3n) is 7.10. The third-order valence-corrected chi connectivity index (χ3v) is 9.14. The van der Waals surface area contributed by atoms with Gasteiger partial charge >= 0.3 is 0 Å². The van der Waals surface area contributed by atoms with Crippen molar-refractivity contribution in [3.05, 3.63) is 103 Å². The first-order chi connectivity index (χ1) is 17.5. The molecule has 0 fully saturated rings. The highest BCUT2D eigenvalue weighted by atomic mass is 28.3. The van der Waals surface area contributed by atoms with Gasteiger partial charge in [0.1, 0.15) is 11.0 Å². The van der Waals surface area contributed by atoms with E-state index in [1.54, 1.807) is 0 Å². The van der Waals surface area contributed by atoms with Crippen LogP contribution in [0.1, 0.15) is 0 Å². The Bertz CT molecular complexity index is 1920. The van der Waals surface area contributed by atoms with Gasteiger partial charge < -0.3 is 9.13 Å². The minimum absolute atomic E-state index is 0.935. The number of aromatic nitrogens is 4. The zero-order chi connectivity index (χ0) is 24.4. The maximum atomic E-state index is 5.30. The van der Waals surface area contributed by atoms with Gasteiger partial charge in [0.15, 0.2) is 0 Å². The number of nitrogens with zero attached hydrogens (tertiary/aromatic N) is 4. The molecule has 0 saturated carbocycles. The molecule has 7 aromatic rings. The van der Waals surface area contributed by atoms with Crippen LogP contribution in [0.25, 0.3) is 55.4 Å². The summed E-state index contributed by atoms with van der Waals surface area (Å²) in [6.45, 7) is 7.18. The topological polar surface area (TPSA) is 35.6 Å². The Morgan fingerprint density at radius 3 is 2.08 bits per heavy atom. The lowest BCUT2D eigenvalue weighted by atomic mass is 10.2. The highest BCUT2D eigenvalue weighted by Gasteiger charge is 2.21. The van der Waals surface area contributed by atoms with Crippen LogP contribution >= 0.6 is 0 Å². The summed E-state index contributed by atoms with van der Waals surface area (Å²) in [4.78, 5) is 10.1. The first-order valence-corrected chi connectivity index (χ1v) is 15.9. The van der Waals surface area contributed by atoms with Gasteiger partial charge in [-0.25, -0.2) is 4.98 Å². The third kappa shape index (κ3) is 3.06. The van der Waals surface area contributed by atoms with Gasteiger partial charge in [-0.05, 0) is 48.5 Å². The molecule has 7 rings (SSSR count). The van der Waals surface area contributed by atoms with Crippen LogP contribution in [0, 0.1) is 0 Å². The average Bonchev–Trinajstić information content (AvgIpc) is 3.40. The van der Waals surface area contributed by atoms with Gasteiger partial charge in [0.25, 0.3) is 0 Å². The summed E-state index contributed by atoms with van der Waals surface area (Å²) in [7, 11) is -1.48. The molecule has 4 aromatic heterocycles. The van der Waals surface area contributed by atoms with E-state index in [4.69, 9.17) is 9.97 Å². The Kier molecular flexibility index (Phi) is 4.47. The molecule has 0 radical (unpaired) electrons. The molecule has 4 heterocycles. The van der Waals surface area contributed by atoms with Crippen molar-refractivity contribution >= 4 is 57.3 Å². The SMILES string of the molecule is C[Si](C)(C)c1cccc(-n2c3cccnc3c3nc4c5ccccc5n(-c5ccccc5)c4cc32)c1. The van der Waals surface area contributed by atoms with Crippen molar-refractivity contribution in [3.8, 4) is 11.4 Å². The van der Waals surface area contributed by atoms with Crippen molar-refractivity contribution in [2.75, 3.05) is 0 Å². The molecule has 0 aliphatic rings. The van der Waals surface area contributed by atoms with E-state index < -0.39 is 8.07 Å². The van der Waals surface area contributed by atoms with Crippen LogP contribution in [0.3, 0.4) is 0 Å². The molecule has 0 unspecified atom stereocenters. The van der Waals surface area contributed by atoms with Crippen LogP contribution in [0.5, 0.6) is 0 Å². The zero-order valence-electron chi connectivity index (χ0n) is 20.6. The number of fused-ring (bicyclic) bond motifs is 6. The van der Waals surface area contributed by atoms with E-state index >= 15 is 0 Å². The quantitative estimate of drug-likeness (QED) is 0.249. The minimum Gasteiger partial charge on any atom is -0.308 e. The second-order valence-corrected chi connectivity index (χ2v) is 15.5. The first-order valence-electron chi connectivity index (χ1n) is 12.4. The summed E-state index contributed by atoms with van der Waals surface area (Å²) in [6.07, 6.45) is 1.86. The second-order valence-electron chi connectivity index (χ2n) is 10.4. The van der Waals surface area contributed by atoms with Crippen molar-refractivity contribution in [1.29, 1.82) is 0 Å². The summed E-state index contributed by atoms with van der Waals surface area (Å²) < 4.78 is 4.66. The van der Waals surface area contributed by atoms with Gasteiger partial charge in [0.2, 0.25) is 0 Å². The van der Waals surface area contributed by atoms with Crippen LogP contribution in [0.2, 0.25) is 19.6 Å². The lowest BCUT2D eigenvalue weighted by Gasteiger charge is -2.18. The van der Waals surface area contributed by atoms with Crippen molar-refractivity contribution in [1.82, 2.24) is 19.1 Å². The van der Waals surface area contributed by atoms with E-state index in [-0.39, 0.29) is 0 Å². The summed E-state index contributed by atoms with van der Waals surface area (Å²) in [5.74, 6) is 0. The van der Waals surface area contributed by atoms with E-state index in [1.807, 2.05) is 12.3 Å². The fourth-order valence-corrected chi connectivity index (χ4v) is 6.52. The number of benzene rings is 3. The fourth-order valence-electron chi connectivity index (χ4n) is 5.34. The number of hydrogen-bond acceptors (Lipinski definition) is 2. The molecular formula is C31H26N4Si. The molecule has 5 heteroatoms. The van der Waals surface area contributed by atoms with E-state index in [2.05, 4.69) is 120 Å². The normalized spacial score (nSPS) is 12.3. The molecule has 0 N–H and O–H groups in total. The van der Waals surface area contributed by atoms with E-state index in [1.165, 1.54) is 5.19 Å². The smallest absolute Gasteiger partial charge is 0.116 e. The van der Waals surface area contributed by atoms with Gasteiger partial charge in [0, 0.05) is 23.0 Å². The summed E-state index contributed by atoms with van der Waals surface area (Å²) >= 11 is 0. The van der Waals surface area contributed by atoms with Crippen molar-refractivity contribution in [2.45, 2.75) is 19.6 Å². The number of para-hydroxylation sites is 2. The summed E-state index contributed by atoms with van der Waals surface area (Å²) in [5.41, 5.74) is 9.57.